The Hall–Kier alpha value is -1.38. The van der Waals surface area contributed by atoms with E-state index in [2.05, 4.69) is 47.0 Å². The van der Waals surface area contributed by atoms with Crippen LogP contribution in [0.1, 0.15) is 96.5 Å². The van der Waals surface area contributed by atoms with Crippen LogP contribution in [0.4, 0.5) is 0 Å². The molecule has 3 heteroatoms. The fourth-order valence-electron chi connectivity index (χ4n) is 3.61. The Bertz CT molecular complexity index is 588. The van der Waals surface area contributed by atoms with Crippen LogP contribution in [-0.2, 0) is 13.0 Å². The highest BCUT2D eigenvalue weighted by atomic mass is 15.4. The van der Waals surface area contributed by atoms with E-state index in [4.69, 9.17) is 0 Å². The monoisotopic (exact) mass is 344 g/mol. The molecule has 1 aromatic carbocycles. The lowest BCUT2D eigenvalue weighted by atomic mass is 10.0. The second-order valence-corrected chi connectivity index (χ2v) is 7.43. The van der Waals surface area contributed by atoms with Gasteiger partial charge in [0.2, 0.25) is 5.52 Å². The SMILES string of the molecule is CCCCCCCCc1cccc2c1n[nH][n+]2CCCCCCCC. The lowest BCUT2D eigenvalue weighted by Gasteiger charge is -2.01. The van der Waals surface area contributed by atoms with Gasteiger partial charge in [0, 0.05) is 10.7 Å². The smallest absolute Gasteiger partial charge is 0.155 e. The first-order chi connectivity index (χ1) is 12.4. The molecule has 0 saturated heterocycles. The zero-order valence-electron chi connectivity index (χ0n) is 16.5. The number of aryl methyl sites for hydroxylation is 2. The number of rotatable bonds is 14. The Balaban J connectivity index is 1.80. The summed E-state index contributed by atoms with van der Waals surface area (Å²) >= 11 is 0. The van der Waals surface area contributed by atoms with Crippen molar-refractivity contribution in [3.05, 3.63) is 23.8 Å². The normalized spacial score (nSPS) is 11.4. The zero-order chi connectivity index (χ0) is 17.7. The minimum absolute atomic E-state index is 1.06. The number of aromatic amines is 1. The van der Waals surface area contributed by atoms with Gasteiger partial charge in [0.1, 0.15) is 6.54 Å². The van der Waals surface area contributed by atoms with Gasteiger partial charge in [-0.25, -0.2) is 0 Å². The second-order valence-electron chi connectivity index (χ2n) is 7.43. The van der Waals surface area contributed by atoms with Crippen molar-refractivity contribution in [3.63, 3.8) is 0 Å². The first kappa shape index (κ1) is 19.9. The molecule has 0 bridgehead atoms. The summed E-state index contributed by atoms with van der Waals surface area (Å²) in [6, 6.07) is 6.66. The summed E-state index contributed by atoms with van der Waals surface area (Å²) in [4.78, 5) is 0. The summed E-state index contributed by atoms with van der Waals surface area (Å²) in [6.07, 6.45) is 17.3. The van der Waals surface area contributed by atoms with Crippen LogP contribution in [-0.4, -0.2) is 10.3 Å². The maximum Gasteiger partial charge on any atom is 0.252 e. The summed E-state index contributed by atoms with van der Waals surface area (Å²) in [6.45, 7) is 5.61. The van der Waals surface area contributed by atoms with Gasteiger partial charge in [-0.15, -0.1) is 0 Å². The quantitative estimate of drug-likeness (QED) is 0.325. The molecule has 0 aliphatic carbocycles. The second kappa shape index (κ2) is 12.1. The van der Waals surface area contributed by atoms with Crippen LogP contribution in [0.3, 0.4) is 0 Å². The van der Waals surface area contributed by atoms with Gasteiger partial charge in [0.15, 0.2) is 0 Å². The topological polar surface area (TPSA) is 32.6 Å². The predicted octanol–water partition coefficient (Wildman–Crippen LogP) is 6.11. The predicted molar refractivity (Wildman–Crippen MR) is 107 cm³/mol. The Labute approximate surface area is 154 Å². The third-order valence-electron chi connectivity index (χ3n) is 5.21. The highest BCUT2D eigenvalue weighted by Crippen LogP contribution is 2.17. The van der Waals surface area contributed by atoms with E-state index in [0.717, 1.165) is 13.0 Å². The van der Waals surface area contributed by atoms with Crippen LogP contribution < -0.4 is 4.68 Å². The molecule has 25 heavy (non-hydrogen) atoms. The van der Waals surface area contributed by atoms with Crippen molar-refractivity contribution < 1.29 is 4.68 Å². The molecule has 0 aliphatic rings. The van der Waals surface area contributed by atoms with Crippen molar-refractivity contribution in [1.29, 1.82) is 0 Å². The number of para-hydroxylation sites is 1. The van der Waals surface area contributed by atoms with E-state index in [0.29, 0.717) is 0 Å². The molecule has 0 amide bonds. The number of hydrogen-bond acceptors (Lipinski definition) is 1. The molecule has 0 saturated carbocycles. The minimum Gasteiger partial charge on any atom is -0.155 e. The maximum absolute atomic E-state index is 4.61. The molecule has 0 atom stereocenters. The van der Waals surface area contributed by atoms with Crippen molar-refractivity contribution in [1.82, 2.24) is 10.3 Å². The van der Waals surface area contributed by atoms with Gasteiger partial charge < -0.3 is 0 Å². The maximum atomic E-state index is 4.61. The van der Waals surface area contributed by atoms with E-state index in [1.807, 2.05) is 0 Å². The number of aromatic nitrogens is 3. The number of hydrogen-bond donors (Lipinski definition) is 1. The lowest BCUT2D eigenvalue weighted by molar-refractivity contribution is -0.731. The summed E-state index contributed by atoms with van der Waals surface area (Å²) in [5.74, 6) is 0. The van der Waals surface area contributed by atoms with Gasteiger partial charge in [0.25, 0.3) is 5.52 Å². The van der Waals surface area contributed by atoms with Crippen LogP contribution >= 0.6 is 0 Å². The molecule has 140 valence electrons. The highest BCUT2D eigenvalue weighted by molar-refractivity contribution is 5.74. The largest absolute Gasteiger partial charge is 0.252 e. The van der Waals surface area contributed by atoms with E-state index in [1.54, 1.807) is 0 Å². The number of unbranched alkanes of at least 4 members (excludes halogenated alkanes) is 10. The summed E-state index contributed by atoms with van der Waals surface area (Å²) in [7, 11) is 0. The van der Waals surface area contributed by atoms with Crippen molar-refractivity contribution in [3.8, 4) is 0 Å². The first-order valence-electron chi connectivity index (χ1n) is 10.7. The average molecular weight is 345 g/mol. The molecule has 0 radical (unpaired) electrons. The van der Waals surface area contributed by atoms with E-state index in [-0.39, 0.29) is 0 Å². The van der Waals surface area contributed by atoms with Gasteiger partial charge >= 0.3 is 0 Å². The molecule has 0 aliphatic heterocycles. The van der Waals surface area contributed by atoms with Gasteiger partial charge in [-0.05, 0) is 31.7 Å². The molecular weight excluding hydrogens is 306 g/mol. The van der Waals surface area contributed by atoms with Crippen LogP contribution in [0.2, 0.25) is 0 Å². The fourth-order valence-corrected chi connectivity index (χ4v) is 3.61. The summed E-state index contributed by atoms with van der Waals surface area (Å²) in [5.41, 5.74) is 3.87. The van der Waals surface area contributed by atoms with Crippen molar-refractivity contribution >= 4 is 11.0 Å². The van der Waals surface area contributed by atoms with Crippen LogP contribution in [0.5, 0.6) is 0 Å². The molecule has 0 spiro atoms. The molecule has 3 nitrogen and oxygen atoms in total. The molecule has 2 rings (SSSR count). The van der Waals surface area contributed by atoms with Crippen LogP contribution in [0.15, 0.2) is 18.2 Å². The standard InChI is InChI=1S/C22H37N3/c1-3-5-7-9-11-13-16-20-17-15-18-21-22(20)23-24-25(21)19-14-12-10-8-6-4-2/h15,17-18H,3-14,16,19H2,1-2H3/p+1. The molecule has 1 heterocycles. The minimum atomic E-state index is 1.06. The third kappa shape index (κ3) is 6.80. The summed E-state index contributed by atoms with van der Waals surface area (Å²) < 4.78 is 2.24. The fraction of sp³-hybridized carbons (Fsp3) is 0.727. The Kier molecular flexibility index (Phi) is 9.61. The first-order valence-corrected chi connectivity index (χ1v) is 10.7. The Morgan fingerprint density at radius 1 is 0.800 bits per heavy atom. The number of fused-ring (bicyclic) bond motifs is 1. The number of H-pyrrole nitrogens is 1. The molecular formula is C22H38N3+. The number of nitrogens with zero attached hydrogens (tertiary/aromatic N) is 2. The number of nitrogens with one attached hydrogen (secondary N) is 1. The van der Waals surface area contributed by atoms with Crippen molar-refractivity contribution in [2.45, 2.75) is 104 Å². The zero-order valence-corrected chi connectivity index (χ0v) is 16.5. The molecule has 1 N–H and O–H groups in total. The van der Waals surface area contributed by atoms with Crippen molar-refractivity contribution in [2.75, 3.05) is 0 Å². The van der Waals surface area contributed by atoms with E-state index in [1.165, 1.54) is 93.6 Å². The van der Waals surface area contributed by atoms with Crippen molar-refractivity contribution in [2.24, 2.45) is 0 Å². The molecule has 0 fully saturated rings. The summed E-state index contributed by atoms with van der Waals surface area (Å²) in [5, 5.41) is 7.85. The van der Waals surface area contributed by atoms with Gasteiger partial charge in [0.05, 0.1) is 0 Å². The van der Waals surface area contributed by atoms with Crippen LogP contribution in [0, 0.1) is 0 Å². The average Bonchev–Trinajstić information content (AvgIpc) is 3.05. The van der Waals surface area contributed by atoms with E-state index < -0.39 is 0 Å². The van der Waals surface area contributed by atoms with Gasteiger partial charge in [-0.2, -0.15) is 4.68 Å². The highest BCUT2D eigenvalue weighted by Gasteiger charge is 2.15. The van der Waals surface area contributed by atoms with Gasteiger partial charge in [-0.3, -0.25) is 0 Å². The van der Waals surface area contributed by atoms with Gasteiger partial charge in [-0.1, -0.05) is 89.0 Å². The Morgan fingerprint density at radius 3 is 2.16 bits per heavy atom. The van der Waals surface area contributed by atoms with Crippen LogP contribution in [0.25, 0.3) is 11.0 Å². The molecule has 1 aromatic heterocycles. The lowest BCUT2D eigenvalue weighted by Crippen LogP contribution is -2.36. The molecule has 0 unspecified atom stereocenters. The Morgan fingerprint density at radius 2 is 1.44 bits per heavy atom. The third-order valence-corrected chi connectivity index (χ3v) is 5.21. The van der Waals surface area contributed by atoms with E-state index >= 15 is 0 Å². The number of benzene rings is 1. The van der Waals surface area contributed by atoms with E-state index in [9.17, 15) is 0 Å². The molecule has 2 aromatic rings.